The van der Waals surface area contributed by atoms with Crippen LogP contribution in [0.5, 0.6) is 0 Å². The monoisotopic (exact) mass is 968 g/mol. The molecule has 0 spiro atoms. The van der Waals surface area contributed by atoms with Crippen LogP contribution in [0.25, 0.3) is 154 Å². The number of furan rings is 2. The van der Waals surface area contributed by atoms with Crippen LogP contribution < -0.4 is 0 Å². The summed E-state index contributed by atoms with van der Waals surface area (Å²) >= 11 is 0. The number of para-hydroxylation sites is 6. The maximum Gasteiger partial charge on any atom is 0.145 e. The summed E-state index contributed by atoms with van der Waals surface area (Å²) in [6, 6.07) is 81.2. The number of rotatable bonds is 4. The molecule has 0 atom stereocenters. The molecular formula is C68H36N6O2. The smallest absolute Gasteiger partial charge is 0.145 e. The van der Waals surface area contributed by atoms with E-state index in [0.29, 0.717) is 5.69 Å². The van der Waals surface area contributed by atoms with Crippen LogP contribution in [0.3, 0.4) is 0 Å². The highest BCUT2D eigenvalue weighted by Gasteiger charge is 2.26. The Labute approximate surface area is 431 Å². The zero-order chi connectivity index (χ0) is 49.9. The topological polar surface area (TPSA) is 93.6 Å². The Hall–Kier alpha value is -10.8. The van der Waals surface area contributed by atoms with Gasteiger partial charge < -0.3 is 27.1 Å². The van der Waals surface area contributed by atoms with Crippen molar-refractivity contribution in [2.45, 2.75) is 0 Å². The van der Waals surface area contributed by atoms with Crippen molar-refractivity contribution in [3.63, 3.8) is 0 Å². The lowest BCUT2D eigenvalue weighted by Crippen LogP contribution is -2.04. The minimum atomic E-state index is 0.262. The zero-order valence-electron chi connectivity index (χ0n) is 40.3. The second-order valence-corrected chi connectivity index (χ2v) is 19.8. The molecule has 0 saturated heterocycles. The minimum Gasteiger partial charge on any atom is -0.455 e. The summed E-state index contributed by atoms with van der Waals surface area (Å²) < 4.78 is 22.8. The van der Waals surface area contributed by atoms with E-state index in [0.717, 1.165) is 127 Å². The number of benzene rings is 11. The number of nitriles is 2. The fraction of sp³-hybridized carbons (Fsp3) is 0. The maximum atomic E-state index is 11.3. The second kappa shape index (κ2) is 14.9. The Morgan fingerprint density at radius 2 is 0.671 bits per heavy atom. The van der Waals surface area contributed by atoms with Gasteiger partial charge in [0.1, 0.15) is 34.5 Å². The highest BCUT2D eigenvalue weighted by atomic mass is 16.3. The third-order valence-corrected chi connectivity index (χ3v) is 16.0. The Bertz CT molecular complexity index is 5420. The van der Waals surface area contributed by atoms with E-state index in [1.165, 1.54) is 21.5 Å². The van der Waals surface area contributed by atoms with E-state index in [-0.39, 0.29) is 11.1 Å². The van der Waals surface area contributed by atoms with Crippen molar-refractivity contribution in [1.29, 1.82) is 10.5 Å². The summed E-state index contributed by atoms with van der Waals surface area (Å²) in [6.07, 6.45) is 0. The number of fused-ring (bicyclic) bond motifs is 20. The first-order valence-electron chi connectivity index (χ1n) is 25.4. The number of hydrogen-bond donors (Lipinski definition) is 0. The summed E-state index contributed by atoms with van der Waals surface area (Å²) in [6.45, 7) is 0. The number of nitrogens with zero attached hydrogens (tertiary/aromatic N) is 6. The first kappa shape index (κ1) is 40.8. The van der Waals surface area contributed by atoms with Gasteiger partial charge in [-0.05, 0) is 109 Å². The highest BCUT2D eigenvalue weighted by molar-refractivity contribution is 6.26. The molecule has 8 nitrogen and oxygen atoms in total. The van der Waals surface area contributed by atoms with Gasteiger partial charge in [-0.1, -0.05) is 109 Å². The molecule has 0 saturated carbocycles. The molecule has 11 aromatic carbocycles. The fourth-order valence-electron chi connectivity index (χ4n) is 12.9. The third-order valence-electron chi connectivity index (χ3n) is 16.0. The van der Waals surface area contributed by atoms with E-state index in [2.05, 4.69) is 206 Å². The minimum absolute atomic E-state index is 0.262. The Kier molecular flexibility index (Phi) is 7.99. The lowest BCUT2D eigenvalue weighted by Gasteiger charge is -2.16. The summed E-state index contributed by atoms with van der Waals surface area (Å²) in [5.41, 5.74) is 15.0. The maximum absolute atomic E-state index is 11.3. The molecule has 350 valence electrons. The Morgan fingerprint density at radius 3 is 1.13 bits per heavy atom. The molecule has 0 radical (unpaired) electrons. The molecule has 8 heteroatoms. The SMILES string of the molecule is N#Cc1cc(-n2c3ccc(-n4c5ccccc5c5ccccc54)cc3c3c4oc5ccccc5c4ccc32)cc(-n2c3ccc(-n4c5ccccc5c5ccccc54)cc3c3c4oc5ccccc5c4ccc32)c1C#N. The summed E-state index contributed by atoms with van der Waals surface area (Å²) in [5.74, 6) is 0. The zero-order valence-corrected chi connectivity index (χ0v) is 40.3. The second-order valence-electron chi connectivity index (χ2n) is 19.8. The Morgan fingerprint density at radius 1 is 0.289 bits per heavy atom. The summed E-state index contributed by atoms with van der Waals surface area (Å²) in [4.78, 5) is 0. The van der Waals surface area contributed by atoms with Crippen LogP contribution in [0.4, 0.5) is 0 Å². The standard InChI is InChI=1S/C68H36N6O2/c69-37-39-33-42(73-58-29-25-40(71-54-19-7-1-13-43(54)44-14-2-8-20-55(44)71)34-51(58)65-60(73)31-27-49-47-17-5-11-23-63(47)75-67(49)65)36-62(53(39)38-70)74-59-30-26-41(72-56-21-9-3-15-45(56)46-16-4-10-22-57(46)72)35-52(59)66-61(74)32-28-50-48-18-6-12-24-64(48)76-68(50)66/h1-36H. The van der Waals surface area contributed by atoms with Crippen LogP contribution in [0.15, 0.2) is 227 Å². The molecule has 0 fully saturated rings. The predicted octanol–water partition coefficient (Wildman–Crippen LogP) is 17.6. The van der Waals surface area contributed by atoms with Crippen LogP contribution in [0, 0.1) is 22.7 Å². The van der Waals surface area contributed by atoms with Crippen molar-refractivity contribution in [3.05, 3.63) is 230 Å². The molecule has 17 aromatic rings. The van der Waals surface area contributed by atoms with Crippen LogP contribution in [-0.4, -0.2) is 18.3 Å². The van der Waals surface area contributed by atoms with Crippen molar-refractivity contribution in [1.82, 2.24) is 18.3 Å². The van der Waals surface area contributed by atoms with E-state index < -0.39 is 0 Å². The quantitative estimate of drug-likeness (QED) is 0.176. The van der Waals surface area contributed by atoms with Gasteiger partial charge in [0.15, 0.2) is 0 Å². The molecule has 0 aliphatic rings. The summed E-state index contributed by atoms with van der Waals surface area (Å²) in [5, 5.41) is 35.1. The van der Waals surface area contributed by atoms with E-state index in [1.807, 2.05) is 42.5 Å². The molecular weight excluding hydrogens is 933 g/mol. The third kappa shape index (κ3) is 5.28. The predicted molar refractivity (Wildman–Crippen MR) is 308 cm³/mol. The molecule has 0 aliphatic carbocycles. The average Bonchev–Trinajstić information content (AvgIpc) is 4.47. The van der Waals surface area contributed by atoms with Gasteiger partial charge in [-0.2, -0.15) is 10.5 Å². The van der Waals surface area contributed by atoms with Crippen molar-refractivity contribution >= 4 is 131 Å². The molecule has 0 N–H and O–H groups in total. The van der Waals surface area contributed by atoms with Crippen molar-refractivity contribution in [3.8, 4) is 34.9 Å². The van der Waals surface area contributed by atoms with E-state index in [4.69, 9.17) is 8.83 Å². The number of hydrogen-bond acceptors (Lipinski definition) is 4. The van der Waals surface area contributed by atoms with Gasteiger partial charge in [0.25, 0.3) is 0 Å². The first-order valence-corrected chi connectivity index (χ1v) is 25.4. The van der Waals surface area contributed by atoms with Crippen LogP contribution in [0.2, 0.25) is 0 Å². The van der Waals surface area contributed by atoms with Crippen LogP contribution in [-0.2, 0) is 0 Å². The molecule has 0 unspecified atom stereocenters. The normalized spacial score (nSPS) is 12.2. The van der Waals surface area contributed by atoms with Crippen LogP contribution >= 0.6 is 0 Å². The molecule has 6 heterocycles. The molecule has 0 bridgehead atoms. The average molecular weight is 969 g/mol. The van der Waals surface area contributed by atoms with Crippen molar-refractivity contribution in [2.75, 3.05) is 0 Å². The largest absolute Gasteiger partial charge is 0.455 e. The fourth-order valence-corrected chi connectivity index (χ4v) is 12.9. The van der Waals surface area contributed by atoms with Gasteiger partial charge >= 0.3 is 0 Å². The molecule has 76 heavy (non-hydrogen) atoms. The lowest BCUT2D eigenvalue weighted by molar-refractivity contribution is 0.672. The first-order chi connectivity index (χ1) is 37.6. The number of aromatic nitrogens is 4. The van der Waals surface area contributed by atoms with E-state index in [1.54, 1.807) is 0 Å². The molecule has 0 amide bonds. The van der Waals surface area contributed by atoms with Crippen LogP contribution in [0.1, 0.15) is 11.1 Å². The van der Waals surface area contributed by atoms with Crippen molar-refractivity contribution < 1.29 is 8.83 Å². The van der Waals surface area contributed by atoms with Gasteiger partial charge in [-0.15, -0.1) is 0 Å². The van der Waals surface area contributed by atoms with E-state index in [9.17, 15) is 10.5 Å². The summed E-state index contributed by atoms with van der Waals surface area (Å²) in [7, 11) is 0. The highest BCUT2D eigenvalue weighted by Crippen LogP contribution is 2.46. The molecule has 17 rings (SSSR count). The van der Waals surface area contributed by atoms with Gasteiger partial charge in [-0.25, -0.2) is 0 Å². The molecule has 6 aromatic heterocycles. The van der Waals surface area contributed by atoms with Crippen molar-refractivity contribution in [2.24, 2.45) is 0 Å². The van der Waals surface area contributed by atoms with Gasteiger partial charge in [0, 0.05) is 70.9 Å². The lowest BCUT2D eigenvalue weighted by atomic mass is 10.0. The Balaban J connectivity index is 0.974. The van der Waals surface area contributed by atoms with E-state index >= 15 is 0 Å². The van der Waals surface area contributed by atoms with Gasteiger partial charge in [-0.3, -0.25) is 0 Å². The van der Waals surface area contributed by atoms with Gasteiger partial charge in [0.05, 0.1) is 71.7 Å². The van der Waals surface area contributed by atoms with Gasteiger partial charge in [0.2, 0.25) is 0 Å². The molecule has 0 aliphatic heterocycles.